The van der Waals surface area contributed by atoms with Gasteiger partial charge in [-0.05, 0) is 38.9 Å². The van der Waals surface area contributed by atoms with Crippen LogP contribution in [0.2, 0.25) is 0 Å². The molecule has 12 heavy (non-hydrogen) atoms. The Bertz CT molecular complexity index is 75.2. The molecule has 0 N–H and O–H groups in total. The van der Waals surface area contributed by atoms with E-state index in [4.69, 9.17) is 0 Å². The monoisotopic (exact) mass is 177 g/mol. The van der Waals surface area contributed by atoms with E-state index in [1.54, 1.807) is 0 Å². The number of hydrogen-bond acceptors (Lipinski definition) is 1. The van der Waals surface area contributed by atoms with Crippen LogP contribution in [0.4, 0.5) is 4.70 Å². The van der Waals surface area contributed by atoms with Gasteiger partial charge in [-0.25, -0.2) is 0 Å². The predicted molar refractivity (Wildman–Crippen MR) is 54.4 cm³/mol. The van der Waals surface area contributed by atoms with Gasteiger partial charge in [0.1, 0.15) is 0 Å². The molecule has 1 aliphatic heterocycles. The Morgan fingerprint density at radius 2 is 1.25 bits per heavy atom. The topological polar surface area (TPSA) is 3.24 Å². The molecular weight excluding hydrogens is 153 g/mol. The summed E-state index contributed by atoms with van der Waals surface area (Å²) in [5, 5.41) is 0. The molecule has 0 aromatic carbocycles. The molecule has 1 nitrogen and oxygen atoms in total. The summed E-state index contributed by atoms with van der Waals surface area (Å²) in [7, 11) is 2.19. The van der Waals surface area contributed by atoms with Crippen LogP contribution in [-0.2, 0) is 0 Å². The lowest BCUT2D eigenvalue weighted by Crippen LogP contribution is -2.24. The summed E-state index contributed by atoms with van der Waals surface area (Å²) in [5.74, 6) is 0.833. The average molecular weight is 177 g/mol. The molecule has 0 spiro atoms. The fourth-order valence-corrected chi connectivity index (χ4v) is 1.05. The summed E-state index contributed by atoms with van der Waals surface area (Å²) < 4.78 is 0. The van der Waals surface area contributed by atoms with E-state index in [9.17, 15) is 0 Å². The van der Waals surface area contributed by atoms with Gasteiger partial charge in [0.05, 0.1) is 0 Å². The van der Waals surface area contributed by atoms with Crippen LogP contribution in [0.3, 0.4) is 0 Å². The van der Waals surface area contributed by atoms with E-state index in [0.717, 1.165) is 5.92 Å². The van der Waals surface area contributed by atoms with Crippen LogP contribution in [-0.4, -0.2) is 25.0 Å². The molecule has 1 rings (SSSR count). The number of likely N-dealkylation sites (tertiary alicyclic amines) is 1. The van der Waals surface area contributed by atoms with E-state index in [1.807, 2.05) is 0 Å². The molecule has 1 fully saturated rings. The third kappa shape index (κ3) is 12.6. The van der Waals surface area contributed by atoms with Crippen LogP contribution in [0.5, 0.6) is 0 Å². The first-order chi connectivity index (χ1) is 5.13. The van der Waals surface area contributed by atoms with Crippen molar-refractivity contribution in [2.45, 2.75) is 40.0 Å². The maximum absolute atomic E-state index is 2.39. The van der Waals surface area contributed by atoms with Crippen molar-refractivity contribution in [3.8, 4) is 0 Å². The molecule has 1 heterocycles. The highest BCUT2D eigenvalue weighted by Gasteiger charge is 2.02. The molecule has 1 aliphatic rings. The van der Waals surface area contributed by atoms with Gasteiger partial charge in [-0.3, -0.25) is 4.70 Å². The molecule has 0 aromatic rings. The van der Waals surface area contributed by atoms with Crippen molar-refractivity contribution in [2.24, 2.45) is 5.92 Å². The molecule has 0 atom stereocenters. The highest BCUT2D eigenvalue weighted by molar-refractivity contribution is 4.58. The zero-order valence-corrected chi connectivity index (χ0v) is 8.97. The highest BCUT2D eigenvalue weighted by atomic mass is 19.0. The van der Waals surface area contributed by atoms with Crippen molar-refractivity contribution in [3.05, 3.63) is 0 Å². The Morgan fingerprint density at radius 3 is 1.42 bits per heavy atom. The second-order valence-corrected chi connectivity index (χ2v) is 4.10. The molecule has 0 radical (unpaired) electrons. The fraction of sp³-hybridized carbons (Fsp3) is 1.00. The Balaban J connectivity index is 0. The van der Waals surface area contributed by atoms with E-state index >= 15 is 0 Å². The number of rotatable bonds is 0. The lowest BCUT2D eigenvalue weighted by molar-refractivity contribution is 0.277. The fourth-order valence-electron chi connectivity index (χ4n) is 1.05. The van der Waals surface area contributed by atoms with Gasteiger partial charge in [-0.15, -0.1) is 0 Å². The minimum Gasteiger partial charge on any atom is -0.306 e. The number of halogens is 1. The second-order valence-electron chi connectivity index (χ2n) is 4.10. The normalized spacial score (nSPS) is 17.8. The van der Waals surface area contributed by atoms with Crippen LogP contribution >= 0.6 is 0 Å². The molecule has 2 heteroatoms. The van der Waals surface area contributed by atoms with Crippen molar-refractivity contribution in [1.82, 2.24) is 4.90 Å². The molecular formula is C10H24FN. The molecule has 0 unspecified atom stereocenters. The molecule has 76 valence electrons. The maximum atomic E-state index is 2.39. The highest BCUT2D eigenvalue weighted by Crippen LogP contribution is 2.04. The molecule has 1 saturated heterocycles. The van der Waals surface area contributed by atoms with Crippen LogP contribution in [0.15, 0.2) is 0 Å². The summed E-state index contributed by atoms with van der Waals surface area (Å²) in [6.07, 6.45) is 4.28. The summed E-state index contributed by atoms with van der Waals surface area (Å²) in [6.45, 7) is 9.14. The minimum absolute atomic E-state index is 0. The third-order valence-electron chi connectivity index (χ3n) is 1.58. The van der Waals surface area contributed by atoms with Gasteiger partial charge in [0, 0.05) is 0 Å². The quantitative estimate of drug-likeness (QED) is 0.550. The number of hydrogen-bond donors (Lipinski definition) is 0. The number of piperidine rings is 1. The number of nitrogens with zero attached hydrogens (tertiary/aromatic N) is 1. The largest absolute Gasteiger partial charge is 0.306 e. The second kappa shape index (κ2) is 8.98. The van der Waals surface area contributed by atoms with Crippen molar-refractivity contribution < 1.29 is 4.70 Å². The van der Waals surface area contributed by atoms with Gasteiger partial charge >= 0.3 is 0 Å². The van der Waals surface area contributed by atoms with Gasteiger partial charge in [0.15, 0.2) is 0 Å². The Kier molecular flexibility index (Phi) is 10.8. The van der Waals surface area contributed by atoms with Gasteiger partial charge < -0.3 is 4.90 Å². The van der Waals surface area contributed by atoms with E-state index in [-0.39, 0.29) is 4.70 Å². The van der Waals surface area contributed by atoms with E-state index in [2.05, 4.69) is 32.7 Å². The van der Waals surface area contributed by atoms with Crippen molar-refractivity contribution in [1.29, 1.82) is 0 Å². The molecule has 0 saturated carbocycles. The van der Waals surface area contributed by atoms with Crippen LogP contribution < -0.4 is 0 Å². The molecule has 0 bridgehead atoms. The summed E-state index contributed by atoms with van der Waals surface area (Å²) in [4.78, 5) is 2.39. The van der Waals surface area contributed by atoms with Crippen LogP contribution in [0.1, 0.15) is 40.0 Å². The SMILES string of the molecule is CC(C)C.CN1CCCCC1.F. The third-order valence-corrected chi connectivity index (χ3v) is 1.58. The van der Waals surface area contributed by atoms with Gasteiger partial charge in [0.2, 0.25) is 0 Å². The average Bonchev–Trinajstić information content (AvgIpc) is 1.87. The Hall–Kier alpha value is -0.110. The molecule has 0 aromatic heterocycles. The maximum Gasteiger partial charge on any atom is -0.00218 e. The summed E-state index contributed by atoms with van der Waals surface area (Å²) in [5.41, 5.74) is 0. The van der Waals surface area contributed by atoms with Gasteiger partial charge in [-0.1, -0.05) is 27.2 Å². The van der Waals surface area contributed by atoms with E-state index < -0.39 is 0 Å². The predicted octanol–water partition coefficient (Wildman–Crippen LogP) is 2.92. The van der Waals surface area contributed by atoms with E-state index in [1.165, 1.54) is 32.4 Å². The molecule has 0 amide bonds. The van der Waals surface area contributed by atoms with Crippen molar-refractivity contribution in [3.63, 3.8) is 0 Å². The first kappa shape index (κ1) is 14.4. The van der Waals surface area contributed by atoms with Crippen LogP contribution in [0.25, 0.3) is 0 Å². The van der Waals surface area contributed by atoms with Crippen molar-refractivity contribution >= 4 is 0 Å². The molecule has 0 aliphatic carbocycles. The van der Waals surface area contributed by atoms with Crippen molar-refractivity contribution in [2.75, 3.05) is 20.1 Å². The van der Waals surface area contributed by atoms with Gasteiger partial charge in [-0.2, -0.15) is 0 Å². The first-order valence-electron chi connectivity index (χ1n) is 4.81. The first-order valence-corrected chi connectivity index (χ1v) is 4.81. The lowest BCUT2D eigenvalue weighted by Gasteiger charge is -2.20. The zero-order valence-electron chi connectivity index (χ0n) is 8.97. The van der Waals surface area contributed by atoms with Gasteiger partial charge in [0.25, 0.3) is 0 Å². The summed E-state index contributed by atoms with van der Waals surface area (Å²) >= 11 is 0. The standard InChI is InChI=1S/C6H13N.C4H10.FH/c1-7-5-3-2-4-6-7;1-4(2)3;/h2-6H2,1H3;4H,1-3H3;1H. The van der Waals surface area contributed by atoms with E-state index in [0.29, 0.717) is 0 Å². The lowest BCUT2D eigenvalue weighted by atomic mass is 10.1. The Morgan fingerprint density at radius 1 is 0.917 bits per heavy atom. The Labute approximate surface area is 76.5 Å². The summed E-state index contributed by atoms with van der Waals surface area (Å²) in [6, 6.07) is 0. The minimum atomic E-state index is 0. The van der Waals surface area contributed by atoms with Crippen LogP contribution in [0, 0.1) is 5.92 Å². The smallest absolute Gasteiger partial charge is 0.00218 e. The zero-order chi connectivity index (χ0) is 8.69.